The number of morpholine rings is 1. The molecule has 5 rings (SSSR count). The van der Waals surface area contributed by atoms with Crippen LogP contribution in [0.3, 0.4) is 0 Å². The molecule has 0 spiro atoms. The average Bonchev–Trinajstić information content (AvgIpc) is 3.21. The quantitative estimate of drug-likeness (QED) is 0.393. The average molecular weight is 491 g/mol. The minimum absolute atomic E-state index is 0.0769. The van der Waals surface area contributed by atoms with Crippen LogP contribution in [-0.4, -0.2) is 68.5 Å². The molecule has 188 valence electrons. The van der Waals surface area contributed by atoms with Gasteiger partial charge in [0.15, 0.2) is 5.82 Å². The van der Waals surface area contributed by atoms with Gasteiger partial charge in [-0.3, -0.25) is 4.98 Å². The summed E-state index contributed by atoms with van der Waals surface area (Å²) < 4.78 is 5.97. The molecule has 3 aromatic rings. The summed E-state index contributed by atoms with van der Waals surface area (Å²) in [5.74, 6) is 1.47. The van der Waals surface area contributed by atoms with Crippen LogP contribution in [0.15, 0.2) is 48.8 Å². The lowest BCUT2D eigenvalue weighted by Gasteiger charge is -2.32. The van der Waals surface area contributed by atoms with Crippen molar-refractivity contribution in [2.45, 2.75) is 44.4 Å². The number of carbonyl (C=O) groups is 1. The summed E-state index contributed by atoms with van der Waals surface area (Å²) in [6, 6.07) is 10.4. The van der Waals surface area contributed by atoms with Gasteiger partial charge in [0, 0.05) is 30.5 Å². The number of hydrogen-bond donors (Lipinski definition) is 4. The number of urea groups is 1. The highest BCUT2D eigenvalue weighted by Gasteiger charge is 2.35. The van der Waals surface area contributed by atoms with E-state index in [0.717, 1.165) is 31.5 Å². The summed E-state index contributed by atoms with van der Waals surface area (Å²) in [5.41, 5.74) is 1.40. The number of aromatic nitrogens is 4. The van der Waals surface area contributed by atoms with E-state index in [1.54, 1.807) is 36.7 Å². The zero-order valence-electron chi connectivity index (χ0n) is 20.3. The first-order chi connectivity index (χ1) is 17.4. The Morgan fingerprint density at radius 1 is 1.06 bits per heavy atom. The Balaban J connectivity index is 1.36. The van der Waals surface area contributed by atoms with Gasteiger partial charge in [-0.1, -0.05) is 0 Å². The first kappa shape index (κ1) is 23.9. The normalized spacial score (nSPS) is 19.1. The van der Waals surface area contributed by atoms with E-state index in [9.17, 15) is 9.90 Å². The van der Waals surface area contributed by atoms with E-state index >= 15 is 0 Å². The zero-order chi connectivity index (χ0) is 25.1. The van der Waals surface area contributed by atoms with Gasteiger partial charge in [0.05, 0.1) is 36.2 Å². The maximum absolute atomic E-state index is 12.3. The fraction of sp³-hybridized carbons (Fsp3) is 0.400. The van der Waals surface area contributed by atoms with Crippen molar-refractivity contribution < 1.29 is 14.6 Å². The molecule has 1 aromatic carbocycles. The molecule has 2 saturated heterocycles. The third-order valence-corrected chi connectivity index (χ3v) is 6.12. The second-order valence-corrected chi connectivity index (χ2v) is 9.71. The Morgan fingerprint density at radius 3 is 2.44 bits per heavy atom. The number of nitrogens with one attached hydrogen (secondary N) is 3. The number of nitrogens with zero attached hydrogens (tertiary/aromatic N) is 5. The van der Waals surface area contributed by atoms with E-state index in [1.165, 1.54) is 0 Å². The molecular formula is C25H30N8O3. The second kappa shape index (κ2) is 10.0. The Bertz CT molecular complexity index is 1190. The number of aliphatic hydroxyl groups is 1. The van der Waals surface area contributed by atoms with Crippen molar-refractivity contribution in [1.29, 1.82) is 0 Å². The smallest absolute Gasteiger partial charge is 0.323 e. The molecule has 2 aliphatic rings. The summed E-state index contributed by atoms with van der Waals surface area (Å²) in [6.45, 7) is 5.14. The van der Waals surface area contributed by atoms with Crippen molar-refractivity contribution in [3.8, 4) is 11.4 Å². The van der Waals surface area contributed by atoms with E-state index in [0.29, 0.717) is 29.1 Å². The maximum atomic E-state index is 12.3. The number of fused-ring (bicyclic) bond motifs is 2. The molecule has 2 amide bonds. The van der Waals surface area contributed by atoms with Crippen LogP contribution < -0.4 is 20.9 Å². The molecule has 2 unspecified atom stereocenters. The van der Waals surface area contributed by atoms with E-state index in [4.69, 9.17) is 9.72 Å². The summed E-state index contributed by atoms with van der Waals surface area (Å²) in [7, 11) is 0. The van der Waals surface area contributed by atoms with E-state index in [-0.39, 0.29) is 24.8 Å². The van der Waals surface area contributed by atoms with Crippen molar-refractivity contribution in [2.24, 2.45) is 0 Å². The third-order valence-electron chi connectivity index (χ3n) is 6.12. The SMILES string of the molecule is CC(C)(CO)Nc1nc(-c2ccc(NC(=O)Nc3cccnc3)cc2)nc(N2CC3CCC(C2)O3)n1. The largest absolute Gasteiger partial charge is 0.394 e. The topological polar surface area (TPSA) is 137 Å². The Labute approximate surface area is 209 Å². The minimum Gasteiger partial charge on any atom is -0.394 e. The molecule has 0 radical (unpaired) electrons. The predicted octanol–water partition coefficient (Wildman–Crippen LogP) is 3.13. The van der Waals surface area contributed by atoms with E-state index in [2.05, 4.69) is 35.8 Å². The van der Waals surface area contributed by atoms with Crippen LogP contribution in [0.2, 0.25) is 0 Å². The van der Waals surface area contributed by atoms with Crippen LogP contribution in [0, 0.1) is 0 Å². The van der Waals surface area contributed by atoms with Crippen LogP contribution in [0.4, 0.5) is 28.1 Å². The summed E-state index contributed by atoms with van der Waals surface area (Å²) >= 11 is 0. The minimum atomic E-state index is -0.602. The van der Waals surface area contributed by atoms with Gasteiger partial charge >= 0.3 is 6.03 Å². The molecule has 0 saturated carbocycles. The number of pyridine rings is 1. The molecule has 2 aromatic heterocycles. The summed E-state index contributed by atoms with van der Waals surface area (Å²) in [6.07, 6.45) is 5.69. The van der Waals surface area contributed by atoms with Crippen LogP contribution >= 0.6 is 0 Å². The molecule has 11 heteroatoms. The molecule has 4 heterocycles. The lowest BCUT2D eigenvalue weighted by molar-refractivity contribution is 0.0299. The molecule has 2 atom stereocenters. The highest BCUT2D eigenvalue weighted by molar-refractivity contribution is 5.99. The molecule has 11 nitrogen and oxygen atoms in total. The standard InChI is InChI=1S/C25H30N8O3/c1-25(2,15-34)32-22-29-21(30-23(31-22)33-13-19-9-10-20(14-33)36-19)16-5-7-17(8-6-16)27-24(35)28-18-4-3-11-26-12-18/h3-8,11-12,19-20,34H,9-10,13-15H2,1-2H3,(H2,27,28,35)(H,29,30,31,32). The lowest BCUT2D eigenvalue weighted by atomic mass is 10.1. The third kappa shape index (κ3) is 5.69. The number of benzene rings is 1. The monoisotopic (exact) mass is 490 g/mol. The fourth-order valence-corrected chi connectivity index (χ4v) is 4.24. The first-order valence-corrected chi connectivity index (χ1v) is 12.0. The Morgan fingerprint density at radius 2 is 1.78 bits per heavy atom. The van der Waals surface area contributed by atoms with Gasteiger partial charge in [0.2, 0.25) is 11.9 Å². The van der Waals surface area contributed by atoms with Crippen LogP contribution in [0.1, 0.15) is 26.7 Å². The van der Waals surface area contributed by atoms with Crippen molar-refractivity contribution >= 4 is 29.3 Å². The van der Waals surface area contributed by atoms with E-state index in [1.807, 2.05) is 26.0 Å². The summed E-state index contributed by atoms with van der Waals surface area (Å²) in [5, 5.41) is 18.5. The van der Waals surface area contributed by atoms with Crippen molar-refractivity contribution in [2.75, 3.05) is 40.5 Å². The number of rotatable bonds is 7. The van der Waals surface area contributed by atoms with Crippen molar-refractivity contribution in [1.82, 2.24) is 19.9 Å². The van der Waals surface area contributed by atoms with Gasteiger partial charge in [0.25, 0.3) is 0 Å². The summed E-state index contributed by atoms with van der Waals surface area (Å²) in [4.78, 5) is 32.5. The Hall–Kier alpha value is -3.83. The van der Waals surface area contributed by atoms with Gasteiger partial charge in [-0.05, 0) is 63.1 Å². The van der Waals surface area contributed by atoms with Crippen LogP contribution in [-0.2, 0) is 4.74 Å². The number of amides is 2. The van der Waals surface area contributed by atoms with Crippen LogP contribution in [0.25, 0.3) is 11.4 Å². The van der Waals surface area contributed by atoms with Gasteiger partial charge in [-0.25, -0.2) is 4.79 Å². The molecule has 4 N–H and O–H groups in total. The number of anilines is 4. The number of hydrogen-bond acceptors (Lipinski definition) is 9. The molecule has 36 heavy (non-hydrogen) atoms. The van der Waals surface area contributed by atoms with Gasteiger partial charge in [-0.2, -0.15) is 15.0 Å². The number of carbonyl (C=O) groups excluding carboxylic acids is 1. The van der Waals surface area contributed by atoms with Crippen LogP contribution in [0.5, 0.6) is 0 Å². The molecule has 2 aliphatic heterocycles. The molecule has 2 bridgehead atoms. The van der Waals surface area contributed by atoms with Gasteiger partial charge in [0.1, 0.15) is 0 Å². The lowest BCUT2D eigenvalue weighted by Crippen LogP contribution is -2.44. The van der Waals surface area contributed by atoms with Crippen molar-refractivity contribution in [3.05, 3.63) is 48.8 Å². The highest BCUT2D eigenvalue weighted by atomic mass is 16.5. The molecule has 0 aliphatic carbocycles. The zero-order valence-corrected chi connectivity index (χ0v) is 20.3. The number of aliphatic hydroxyl groups excluding tert-OH is 1. The highest BCUT2D eigenvalue weighted by Crippen LogP contribution is 2.30. The molecular weight excluding hydrogens is 460 g/mol. The molecule has 2 fully saturated rings. The second-order valence-electron chi connectivity index (χ2n) is 9.71. The maximum Gasteiger partial charge on any atom is 0.323 e. The van der Waals surface area contributed by atoms with Gasteiger partial charge in [-0.15, -0.1) is 0 Å². The van der Waals surface area contributed by atoms with Crippen molar-refractivity contribution in [3.63, 3.8) is 0 Å². The predicted molar refractivity (Wildman–Crippen MR) is 137 cm³/mol. The van der Waals surface area contributed by atoms with E-state index < -0.39 is 5.54 Å². The Kier molecular flexibility index (Phi) is 6.66. The van der Waals surface area contributed by atoms with Gasteiger partial charge < -0.3 is 30.7 Å². The first-order valence-electron chi connectivity index (χ1n) is 12.0. The number of ether oxygens (including phenoxy) is 1. The fourth-order valence-electron chi connectivity index (χ4n) is 4.24.